The first-order valence-electron chi connectivity index (χ1n) is 5.04. The predicted octanol–water partition coefficient (Wildman–Crippen LogP) is 2.00. The van der Waals surface area contributed by atoms with Crippen molar-refractivity contribution in [2.75, 3.05) is 6.54 Å². The molecule has 0 aliphatic carbocycles. The van der Waals surface area contributed by atoms with Gasteiger partial charge in [0.15, 0.2) is 0 Å². The van der Waals surface area contributed by atoms with Gasteiger partial charge in [0.1, 0.15) is 5.82 Å². The molecule has 0 spiro atoms. The van der Waals surface area contributed by atoms with Gasteiger partial charge in [-0.3, -0.25) is 0 Å². The molecule has 3 nitrogen and oxygen atoms in total. The first-order chi connectivity index (χ1) is 6.58. The molecule has 0 atom stereocenters. The van der Waals surface area contributed by atoms with Crippen molar-refractivity contribution in [3.63, 3.8) is 0 Å². The van der Waals surface area contributed by atoms with Crippen LogP contribution >= 0.6 is 0 Å². The lowest BCUT2D eigenvalue weighted by Crippen LogP contribution is -2.21. The van der Waals surface area contributed by atoms with Gasteiger partial charge in [0.05, 0.1) is 6.54 Å². The van der Waals surface area contributed by atoms with Crippen LogP contribution in [0, 0.1) is 5.41 Å². The third-order valence-electron chi connectivity index (χ3n) is 1.95. The maximum atomic E-state index is 4.14. The number of hydrogen-bond donors (Lipinski definition) is 1. The summed E-state index contributed by atoms with van der Waals surface area (Å²) < 4.78 is 0. The van der Waals surface area contributed by atoms with Crippen molar-refractivity contribution in [2.24, 2.45) is 5.41 Å². The SMILES string of the molecule is CC(C)(C)CCNCc1ncccn1. The number of aromatic nitrogens is 2. The smallest absolute Gasteiger partial charge is 0.141 e. The van der Waals surface area contributed by atoms with E-state index in [0.717, 1.165) is 18.9 Å². The quantitative estimate of drug-likeness (QED) is 0.743. The van der Waals surface area contributed by atoms with Crippen LogP contribution in [0.25, 0.3) is 0 Å². The molecule has 0 fully saturated rings. The van der Waals surface area contributed by atoms with Crippen LogP contribution < -0.4 is 5.32 Å². The zero-order valence-electron chi connectivity index (χ0n) is 9.25. The van der Waals surface area contributed by atoms with Crippen LogP contribution in [0.3, 0.4) is 0 Å². The van der Waals surface area contributed by atoms with Crippen LogP contribution in [-0.2, 0) is 6.54 Å². The highest BCUT2D eigenvalue weighted by Gasteiger charge is 2.08. The molecule has 3 heteroatoms. The minimum atomic E-state index is 0.393. The molecule has 1 rings (SSSR count). The molecule has 1 heterocycles. The van der Waals surface area contributed by atoms with E-state index in [1.807, 2.05) is 6.07 Å². The maximum Gasteiger partial charge on any atom is 0.141 e. The summed E-state index contributed by atoms with van der Waals surface area (Å²) in [6.45, 7) is 8.51. The molecule has 0 bridgehead atoms. The van der Waals surface area contributed by atoms with Crippen LogP contribution in [0.15, 0.2) is 18.5 Å². The Kier molecular flexibility index (Phi) is 4.01. The first-order valence-corrected chi connectivity index (χ1v) is 5.04. The Hall–Kier alpha value is -0.960. The van der Waals surface area contributed by atoms with E-state index in [1.165, 1.54) is 6.42 Å². The van der Waals surface area contributed by atoms with Crippen molar-refractivity contribution in [1.82, 2.24) is 15.3 Å². The Balaban J connectivity index is 2.17. The highest BCUT2D eigenvalue weighted by atomic mass is 14.9. The molecule has 0 aliphatic heterocycles. The molecule has 0 unspecified atom stereocenters. The van der Waals surface area contributed by atoms with Crippen molar-refractivity contribution < 1.29 is 0 Å². The van der Waals surface area contributed by atoms with Crippen LogP contribution in [0.5, 0.6) is 0 Å². The minimum Gasteiger partial charge on any atom is -0.310 e. The molecule has 78 valence electrons. The Morgan fingerprint density at radius 1 is 1.21 bits per heavy atom. The van der Waals surface area contributed by atoms with Crippen LogP contribution in [-0.4, -0.2) is 16.5 Å². The fourth-order valence-corrected chi connectivity index (χ4v) is 1.08. The van der Waals surface area contributed by atoms with Gasteiger partial charge in [0, 0.05) is 12.4 Å². The van der Waals surface area contributed by atoms with Gasteiger partial charge in [-0.05, 0) is 24.4 Å². The standard InChI is InChI=1S/C11H19N3/c1-11(2,3)5-8-12-9-10-13-6-4-7-14-10/h4,6-7,12H,5,8-9H2,1-3H3. The highest BCUT2D eigenvalue weighted by molar-refractivity contribution is 4.87. The molecule has 0 radical (unpaired) electrons. The molecule has 0 saturated carbocycles. The zero-order valence-corrected chi connectivity index (χ0v) is 9.25. The lowest BCUT2D eigenvalue weighted by molar-refractivity contribution is 0.365. The molecule has 0 aliphatic rings. The molecule has 1 aromatic rings. The lowest BCUT2D eigenvalue weighted by Gasteiger charge is -2.17. The second-order valence-electron chi connectivity index (χ2n) is 4.65. The molecule has 0 saturated heterocycles. The van der Waals surface area contributed by atoms with Crippen molar-refractivity contribution in [3.05, 3.63) is 24.3 Å². The van der Waals surface area contributed by atoms with E-state index in [0.29, 0.717) is 5.41 Å². The Bertz CT molecular complexity index is 251. The molecule has 1 aromatic heterocycles. The summed E-state index contributed by atoms with van der Waals surface area (Å²) in [7, 11) is 0. The van der Waals surface area contributed by atoms with Crippen molar-refractivity contribution >= 4 is 0 Å². The van der Waals surface area contributed by atoms with Gasteiger partial charge in [-0.2, -0.15) is 0 Å². The second-order valence-corrected chi connectivity index (χ2v) is 4.65. The highest BCUT2D eigenvalue weighted by Crippen LogP contribution is 2.16. The molecule has 0 amide bonds. The molecular formula is C11H19N3. The lowest BCUT2D eigenvalue weighted by atomic mass is 9.92. The number of nitrogens with one attached hydrogen (secondary N) is 1. The van der Waals surface area contributed by atoms with Gasteiger partial charge >= 0.3 is 0 Å². The maximum absolute atomic E-state index is 4.14. The van der Waals surface area contributed by atoms with Crippen molar-refractivity contribution in [3.8, 4) is 0 Å². The summed E-state index contributed by atoms with van der Waals surface area (Å²) in [5.41, 5.74) is 0.393. The van der Waals surface area contributed by atoms with Crippen LogP contribution in [0.1, 0.15) is 33.0 Å². The van der Waals surface area contributed by atoms with Gasteiger partial charge in [-0.15, -0.1) is 0 Å². The van der Waals surface area contributed by atoms with E-state index in [4.69, 9.17) is 0 Å². The molecule has 0 aromatic carbocycles. The molecule has 1 N–H and O–H groups in total. The third-order valence-corrected chi connectivity index (χ3v) is 1.95. The van der Waals surface area contributed by atoms with Gasteiger partial charge in [0.2, 0.25) is 0 Å². The Morgan fingerprint density at radius 3 is 2.43 bits per heavy atom. The summed E-state index contributed by atoms with van der Waals surface area (Å²) in [5, 5.41) is 3.33. The van der Waals surface area contributed by atoms with E-state index in [2.05, 4.69) is 36.1 Å². The van der Waals surface area contributed by atoms with Crippen LogP contribution in [0.2, 0.25) is 0 Å². The minimum absolute atomic E-state index is 0.393. The summed E-state index contributed by atoms with van der Waals surface area (Å²) in [6, 6.07) is 1.83. The fraction of sp³-hybridized carbons (Fsp3) is 0.636. The van der Waals surface area contributed by atoms with E-state index in [9.17, 15) is 0 Å². The molecule has 14 heavy (non-hydrogen) atoms. The summed E-state index contributed by atoms with van der Waals surface area (Å²) in [6.07, 6.45) is 4.71. The number of rotatable bonds is 4. The summed E-state index contributed by atoms with van der Waals surface area (Å²) >= 11 is 0. The number of hydrogen-bond acceptors (Lipinski definition) is 3. The van der Waals surface area contributed by atoms with Gasteiger partial charge < -0.3 is 5.32 Å². The van der Waals surface area contributed by atoms with Gasteiger partial charge in [-0.25, -0.2) is 9.97 Å². The average Bonchev–Trinajstić information content (AvgIpc) is 2.13. The number of nitrogens with zero attached hydrogens (tertiary/aromatic N) is 2. The first kappa shape index (κ1) is 11.1. The Morgan fingerprint density at radius 2 is 1.86 bits per heavy atom. The third kappa shape index (κ3) is 4.92. The van der Waals surface area contributed by atoms with Gasteiger partial charge in [0.25, 0.3) is 0 Å². The topological polar surface area (TPSA) is 37.8 Å². The monoisotopic (exact) mass is 193 g/mol. The molecular weight excluding hydrogens is 174 g/mol. The van der Waals surface area contributed by atoms with E-state index >= 15 is 0 Å². The van der Waals surface area contributed by atoms with E-state index in [1.54, 1.807) is 12.4 Å². The van der Waals surface area contributed by atoms with Crippen LogP contribution in [0.4, 0.5) is 0 Å². The predicted molar refractivity (Wildman–Crippen MR) is 57.8 cm³/mol. The fourth-order valence-electron chi connectivity index (χ4n) is 1.08. The van der Waals surface area contributed by atoms with Crippen molar-refractivity contribution in [1.29, 1.82) is 0 Å². The largest absolute Gasteiger partial charge is 0.310 e. The Labute approximate surface area is 86.0 Å². The van der Waals surface area contributed by atoms with Gasteiger partial charge in [-0.1, -0.05) is 20.8 Å². The van der Waals surface area contributed by atoms with E-state index in [-0.39, 0.29) is 0 Å². The average molecular weight is 193 g/mol. The normalized spacial score (nSPS) is 11.6. The van der Waals surface area contributed by atoms with Crippen molar-refractivity contribution in [2.45, 2.75) is 33.7 Å². The summed E-state index contributed by atoms with van der Waals surface area (Å²) in [4.78, 5) is 8.28. The summed E-state index contributed by atoms with van der Waals surface area (Å²) in [5.74, 6) is 0.862. The zero-order chi connectivity index (χ0) is 10.4. The second kappa shape index (κ2) is 5.05. The van der Waals surface area contributed by atoms with E-state index < -0.39 is 0 Å².